The summed E-state index contributed by atoms with van der Waals surface area (Å²) in [4.78, 5) is 88.9. The fourth-order valence-corrected chi connectivity index (χ4v) is 14.6. The Morgan fingerprint density at radius 1 is 0.367 bits per heavy atom. The Bertz CT molecular complexity index is 2800. The highest BCUT2D eigenvalue weighted by molar-refractivity contribution is 8.01. The smallest absolute Gasteiger partial charge is 0.274 e. The maximum Gasteiger partial charge on any atom is 0.312 e. The monoisotopic (exact) mass is 862 g/mol. The molecule has 0 N–H and O–H groups in total. The van der Waals surface area contributed by atoms with Crippen LogP contribution in [0.3, 0.4) is 0 Å². The summed E-state index contributed by atoms with van der Waals surface area (Å²) in [5.74, 6) is -4.24. The normalized spacial score (nSPS) is 23.1. The Hall–Kier alpha value is -6.06. The maximum atomic E-state index is 14.6. The number of thiazole rings is 2. The molecule has 4 aliphatic rings. The summed E-state index contributed by atoms with van der Waals surface area (Å²) in [5.41, 5.74) is 3.76. The second-order valence-corrected chi connectivity index (χ2v) is 19.1. The molecule has 0 spiro atoms. The van der Waals surface area contributed by atoms with Gasteiger partial charge in [0.1, 0.15) is 10.5 Å². The fourth-order valence-electron chi connectivity index (χ4n) is 9.04. The lowest BCUT2D eigenvalue weighted by Gasteiger charge is -2.32. The first-order chi connectivity index (χ1) is 29.3. The predicted octanol–water partition coefficient (Wildman–Crippen LogP) is 7.70. The molecule has 4 amide bonds. The van der Waals surface area contributed by atoms with E-state index in [4.69, 9.17) is 0 Å². The molecule has 0 saturated carbocycles. The van der Waals surface area contributed by atoms with Gasteiger partial charge in [-0.3, -0.25) is 37.9 Å². The number of anilines is 2. The minimum absolute atomic E-state index is 0.219. The van der Waals surface area contributed by atoms with Crippen molar-refractivity contribution in [2.45, 2.75) is 32.4 Å². The molecule has 4 aliphatic heterocycles. The van der Waals surface area contributed by atoms with Gasteiger partial charge in [0.15, 0.2) is 0 Å². The lowest BCUT2D eigenvalue weighted by molar-refractivity contribution is -0.124. The first-order valence-corrected chi connectivity index (χ1v) is 22.6. The number of rotatable bonds is 6. The molecule has 5 aromatic carbocycles. The molecular weight excluding hydrogens is 833 g/mol. The van der Waals surface area contributed by atoms with E-state index in [0.29, 0.717) is 42.6 Å². The Kier molecular flexibility index (Phi) is 8.81. The van der Waals surface area contributed by atoms with Gasteiger partial charge in [0.05, 0.1) is 44.6 Å². The van der Waals surface area contributed by atoms with Crippen LogP contribution in [0.2, 0.25) is 0 Å². The molecule has 0 radical (unpaired) electrons. The number of aromatic nitrogens is 2. The summed E-state index contributed by atoms with van der Waals surface area (Å²) < 4.78 is 3.26. The molecule has 60 heavy (non-hydrogen) atoms. The summed E-state index contributed by atoms with van der Waals surface area (Å²) in [6.07, 6.45) is 0. The number of carbonyl (C=O) groups excluding carboxylic acids is 4. The van der Waals surface area contributed by atoms with Crippen molar-refractivity contribution >= 4 is 81.2 Å². The lowest BCUT2D eigenvalue weighted by Crippen LogP contribution is -2.33. The first kappa shape index (κ1) is 37.0. The van der Waals surface area contributed by atoms with Crippen LogP contribution in [0.4, 0.5) is 11.4 Å². The first-order valence-electron chi connectivity index (χ1n) is 19.2. The predicted molar refractivity (Wildman–Crippen MR) is 234 cm³/mol. The number of para-hydroxylation sites is 4. The summed E-state index contributed by atoms with van der Waals surface area (Å²) >= 11 is 4.68. The third kappa shape index (κ3) is 5.54. The van der Waals surface area contributed by atoms with Gasteiger partial charge >= 0.3 is 9.75 Å². The van der Waals surface area contributed by atoms with Gasteiger partial charge in [0.25, 0.3) is 0 Å². The van der Waals surface area contributed by atoms with E-state index >= 15 is 0 Å². The molecule has 6 unspecified atom stereocenters. The minimum Gasteiger partial charge on any atom is -0.274 e. The van der Waals surface area contributed by atoms with Gasteiger partial charge in [-0.25, -0.2) is 9.80 Å². The van der Waals surface area contributed by atoms with Gasteiger partial charge in [-0.05, 0) is 59.7 Å². The standard InChI is InChI=1S/C46H30N4O6S4/c51-39-33-31(37-43(49(45(55)59-37)29-17-9-3-10-18-29)57-35(33)41(53)47(39)27-13-5-1-6-14-27)25-21-23-26(24-22-25)32-34-36(42(54)48(40(34)52)28-15-7-2-8-16-28)58-44-38(32)60-46(56)50(44)30-19-11-4-12-20-30/h1-24,31-36H. The summed E-state index contributed by atoms with van der Waals surface area (Å²) in [6.45, 7) is 0. The van der Waals surface area contributed by atoms with E-state index < -0.39 is 34.2 Å². The van der Waals surface area contributed by atoms with Gasteiger partial charge in [0.2, 0.25) is 23.6 Å². The van der Waals surface area contributed by atoms with Crippen molar-refractivity contribution in [1.82, 2.24) is 9.13 Å². The largest absolute Gasteiger partial charge is 0.312 e. The van der Waals surface area contributed by atoms with Crippen LogP contribution < -0.4 is 19.5 Å². The molecule has 7 aromatic rings. The number of nitrogens with zero attached hydrogens (tertiary/aromatic N) is 4. The molecule has 2 aromatic heterocycles. The number of carbonyl (C=O) groups is 4. The Morgan fingerprint density at radius 3 is 1.02 bits per heavy atom. The molecule has 0 bridgehead atoms. The van der Waals surface area contributed by atoms with Crippen LogP contribution in [0.15, 0.2) is 165 Å². The van der Waals surface area contributed by atoms with Crippen LogP contribution in [0.1, 0.15) is 32.7 Å². The van der Waals surface area contributed by atoms with Crippen molar-refractivity contribution in [2.75, 3.05) is 9.80 Å². The highest BCUT2D eigenvalue weighted by Gasteiger charge is 2.58. The molecule has 2 saturated heterocycles. The Balaban J connectivity index is 1.05. The van der Waals surface area contributed by atoms with E-state index in [0.717, 1.165) is 33.8 Å². The van der Waals surface area contributed by atoms with Gasteiger partial charge < -0.3 is 0 Å². The zero-order chi connectivity index (χ0) is 40.8. The highest BCUT2D eigenvalue weighted by Crippen LogP contribution is 2.56. The van der Waals surface area contributed by atoms with E-state index in [-0.39, 0.29) is 33.4 Å². The summed E-state index contributed by atoms with van der Waals surface area (Å²) in [6, 6.07) is 44.0. The van der Waals surface area contributed by atoms with Crippen molar-refractivity contribution in [2.24, 2.45) is 11.8 Å². The van der Waals surface area contributed by atoms with E-state index in [1.54, 1.807) is 57.7 Å². The molecule has 10 nitrogen and oxygen atoms in total. The summed E-state index contributed by atoms with van der Waals surface area (Å²) in [7, 11) is 0. The molecule has 294 valence electrons. The SMILES string of the molecule is O=C1C2Sc3c(sc(=O)n3-c3ccccc3)C(c3ccc(C4c5sc(=O)n(-c6ccccc6)c5SC5C(=O)N(c6ccccc6)C(=O)C54)cc3)C2C(=O)N1c1ccccc1. The molecule has 6 heterocycles. The number of amides is 4. The molecule has 0 aliphatic carbocycles. The third-order valence-electron chi connectivity index (χ3n) is 11.7. The van der Waals surface area contributed by atoms with E-state index in [1.165, 1.54) is 33.3 Å². The molecule has 14 heteroatoms. The van der Waals surface area contributed by atoms with Gasteiger partial charge in [-0.2, -0.15) is 0 Å². The average Bonchev–Trinajstić information content (AvgIpc) is 3.95. The lowest BCUT2D eigenvalue weighted by atomic mass is 9.80. The number of fused-ring (bicyclic) bond motifs is 4. The number of hydrogen-bond donors (Lipinski definition) is 0. The molecule has 11 rings (SSSR count). The van der Waals surface area contributed by atoms with E-state index in [1.807, 2.05) is 97.1 Å². The number of hydrogen-bond acceptors (Lipinski definition) is 10. The number of benzene rings is 5. The Morgan fingerprint density at radius 2 is 0.683 bits per heavy atom. The highest BCUT2D eigenvalue weighted by atomic mass is 32.2. The van der Waals surface area contributed by atoms with Gasteiger partial charge in [-0.1, -0.05) is 143 Å². The third-order valence-corrected chi connectivity index (χ3v) is 16.7. The van der Waals surface area contributed by atoms with Crippen LogP contribution in [0, 0.1) is 11.8 Å². The van der Waals surface area contributed by atoms with Crippen molar-refractivity contribution in [3.8, 4) is 11.4 Å². The van der Waals surface area contributed by atoms with Gasteiger partial charge in [-0.15, -0.1) is 0 Å². The van der Waals surface area contributed by atoms with Gasteiger partial charge in [0, 0.05) is 21.6 Å². The zero-order valence-electron chi connectivity index (χ0n) is 31.2. The van der Waals surface area contributed by atoms with Crippen molar-refractivity contribution in [3.05, 3.63) is 186 Å². The van der Waals surface area contributed by atoms with Crippen molar-refractivity contribution < 1.29 is 19.2 Å². The van der Waals surface area contributed by atoms with Crippen LogP contribution in [-0.2, 0) is 19.2 Å². The number of thioether (sulfide) groups is 2. The van der Waals surface area contributed by atoms with Crippen LogP contribution in [0.25, 0.3) is 11.4 Å². The Labute approximate surface area is 358 Å². The molecule has 2 fully saturated rings. The topological polar surface area (TPSA) is 119 Å². The average molecular weight is 863 g/mol. The van der Waals surface area contributed by atoms with Crippen LogP contribution in [0.5, 0.6) is 0 Å². The zero-order valence-corrected chi connectivity index (χ0v) is 34.5. The van der Waals surface area contributed by atoms with E-state index in [9.17, 15) is 28.8 Å². The second-order valence-electron chi connectivity index (χ2n) is 14.9. The van der Waals surface area contributed by atoms with Crippen molar-refractivity contribution in [3.63, 3.8) is 0 Å². The summed E-state index contributed by atoms with van der Waals surface area (Å²) in [5, 5.41) is -0.331. The number of imide groups is 2. The molecule has 6 atom stereocenters. The fraction of sp³-hybridized carbons (Fsp3) is 0.130. The molecular formula is C46H30N4O6S4. The van der Waals surface area contributed by atoms with E-state index in [2.05, 4.69) is 0 Å². The van der Waals surface area contributed by atoms with Crippen LogP contribution >= 0.6 is 46.2 Å². The van der Waals surface area contributed by atoms with Crippen molar-refractivity contribution in [1.29, 1.82) is 0 Å². The quantitative estimate of drug-likeness (QED) is 0.156. The maximum absolute atomic E-state index is 14.6. The van der Waals surface area contributed by atoms with Crippen LogP contribution in [-0.4, -0.2) is 43.3 Å². The second kappa shape index (κ2) is 14.3. The minimum atomic E-state index is -0.802.